The van der Waals surface area contributed by atoms with Crippen LogP contribution in [-0.4, -0.2) is 20.7 Å². The number of aromatic nitrogens is 2. The van der Waals surface area contributed by atoms with Crippen molar-refractivity contribution >= 4 is 17.5 Å². The lowest BCUT2D eigenvalue weighted by molar-refractivity contribution is -0.143. The lowest BCUT2D eigenvalue weighted by Crippen LogP contribution is -2.42. The number of carboxylic acids is 1. The zero-order chi connectivity index (χ0) is 8.48. The highest BCUT2D eigenvalue weighted by atomic mass is 32.1. The minimum Gasteiger partial charge on any atom is -0.480 e. The van der Waals surface area contributed by atoms with Crippen molar-refractivity contribution in [3.8, 4) is 0 Å². The van der Waals surface area contributed by atoms with Gasteiger partial charge in [-0.2, -0.15) is 0 Å². The number of carboxylic acid groups (broad SMARTS) is 1. The Morgan fingerprint density at radius 3 is 2.91 bits per heavy atom. The molecule has 6 heteroatoms. The molecule has 1 heterocycles. The summed E-state index contributed by atoms with van der Waals surface area (Å²) in [4.78, 5) is 10.5. The molecule has 0 aromatic carbocycles. The third-order valence-corrected chi connectivity index (χ3v) is 1.84. The van der Waals surface area contributed by atoms with Crippen molar-refractivity contribution in [1.82, 2.24) is 9.59 Å². The lowest BCUT2D eigenvalue weighted by atomic mass is 10.0. The largest absolute Gasteiger partial charge is 0.480 e. The highest BCUT2D eigenvalue weighted by Crippen LogP contribution is 2.15. The van der Waals surface area contributed by atoms with Gasteiger partial charge in [-0.05, 0) is 18.5 Å². The minimum atomic E-state index is -1.42. The highest BCUT2D eigenvalue weighted by molar-refractivity contribution is 7.03. The molecule has 0 unspecified atom stereocenters. The molecular formula is C5H7N3O2S. The van der Waals surface area contributed by atoms with Crippen molar-refractivity contribution in [3.63, 3.8) is 0 Å². The maximum atomic E-state index is 10.5. The summed E-state index contributed by atoms with van der Waals surface area (Å²) in [5.74, 6) is -1.11. The molecule has 0 bridgehead atoms. The molecule has 0 radical (unpaired) electrons. The Labute approximate surface area is 67.0 Å². The maximum absolute atomic E-state index is 10.5. The molecule has 0 aliphatic rings. The van der Waals surface area contributed by atoms with Crippen LogP contribution in [0.1, 0.15) is 12.6 Å². The Balaban J connectivity index is 3.00. The first-order valence-corrected chi connectivity index (χ1v) is 3.68. The van der Waals surface area contributed by atoms with Crippen molar-refractivity contribution in [2.75, 3.05) is 0 Å². The van der Waals surface area contributed by atoms with Gasteiger partial charge < -0.3 is 10.8 Å². The van der Waals surface area contributed by atoms with E-state index in [-0.39, 0.29) is 5.69 Å². The number of nitrogens with two attached hydrogens (primary N) is 1. The normalized spacial score (nSPS) is 15.8. The van der Waals surface area contributed by atoms with Crippen LogP contribution < -0.4 is 5.73 Å². The number of nitrogens with zero attached hydrogens (tertiary/aromatic N) is 2. The van der Waals surface area contributed by atoms with Gasteiger partial charge >= 0.3 is 5.97 Å². The van der Waals surface area contributed by atoms with Gasteiger partial charge in [-0.1, -0.05) is 4.49 Å². The zero-order valence-corrected chi connectivity index (χ0v) is 6.63. The fraction of sp³-hybridized carbons (Fsp3) is 0.400. The van der Waals surface area contributed by atoms with E-state index in [1.54, 1.807) is 0 Å². The molecule has 11 heavy (non-hydrogen) atoms. The minimum absolute atomic E-state index is 0.287. The van der Waals surface area contributed by atoms with E-state index in [0.29, 0.717) is 0 Å². The molecular weight excluding hydrogens is 166 g/mol. The summed E-state index contributed by atoms with van der Waals surface area (Å²) in [6.07, 6.45) is 0. The van der Waals surface area contributed by atoms with Crippen LogP contribution in [0.15, 0.2) is 5.38 Å². The molecule has 3 N–H and O–H groups in total. The molecule has 5 nitrogen and oxygen atoms in total. The summed E-state index contributed by atoms with van der Waals surface area (Å²) >= 11 is 1.08. The predicted octanol–water partition coefficient (Wildman–Crippen LogP) is -0.203. The first-order chi connectivity index (χ1) is 5.05. The Morgan fingerprint density at radius 2 is 2.55 bits per heavy atom. The van der Waals surface area contributed by atoms with E-state index in [9.17, 15) is 4.79 Å². The van der Waals surface area contributed by atoms with Gasteiger partial charge in [0.1, 0.15) is 5.69 Å². The second-order valence-electron chi connectivity index (χ2n) is 2.30. The van der Waals surface area contributed by atoms with Gasteiger partial charge in [0.25, 0.3) is 0 Å². The van der Waals surface area contributed by atoms with Crippen LogP contribution in [0.25, 0.3) is 0 Å². The first kappa shape index (κ1) is 8.09. The average Bonchev–Trinajstić information content (AvgIpc) is 2.37. The van der Waals surface area contributed by atoms with E-state index < -0.39 is 11.5 Å². The van der Waals surface area contributed by atoms with Crippen molar-refractivity contribution in [3.05, 3.63) is 11.1 Å². The SMILES string of the molecule is C[C@](N)(C(=O)O)c1csnn1. The molecule has 1 aromatic heterocycles. The Morgan fingerprint density at radius 1 is 1.91 bits per heavy atom. The van der Waals surface area contributed by atoms with Crippen LogP contribution in [0, 0.1) is 0 Å². The topological polar surface area (TPSA) is 89.1 Å². The van der Waals surface area contributed by atoms with Crippen LogP contribution in [0.4, 0.5) is 0 Å². The summed E-state index contributed by atoms with van der Waals surface area (Å²) in [5.41, 5.74) is 4.29. The smallest absolute Gasteiger partial charge is 0.329 e. The van der Waals surface area contributed by atoms with Crippen molar-refractivity contribution < 1.29 is 9.90 Å². The third-order valence-electron chi connectivity index (χ3n) is 1.34. The van der Waals surface area contributed by atoms with Gasteiger partial charge in [0.2, 0.25) is 0 Å². The Bertz CT molecular complexity index is 257. The molecule has 60 valence electrons. The monoisotopic (exact) mass is 173 g/mol. The standard InChI is InChI=1S/C5H7N3O2S/c1-5(6,4(9)10)3-2-11-8-7-3/h2H,6H2,1H3,(H,9,10)/t5-/m1/s1. The van der Waals surface area contributed by atoms with Crippen LogP contribution in [0.2, 0.25) is 0 Å². The molecule has 0 fully saturated rings. The highest BCUT2D eigenvalue weighted by Gasteiger charge is 2.32. The van der Waals surface area contributed by atoms with E-state index in [0.717, 1.165) is 11.5 Å². The first-order valence-electron chi connectivity index (χ1n) is 2.85. The van der Waals surface area contributed by atoms with Crippen LogP contribution >= 0.6 is 11.5 Å². The van der Waals surface area contributed by atoms with Crippen molar-refractivity contribution in [1.29, 1.82) is 0 Å². The van der Waals surface area contributed by atoms with Crippen LogP contribution in [0.5, 0.6) is 0 Å². The number of carbonyl (C=O) groups is 1. The summed E-state index contributed by atoms with van der Waals surface area (Å²) in [6, 6.07) is 0. The number of aliphatic carboxylic acids is 1. The second kappa shape index (κ2) is 2.55. The van der Waals surface area contributed by atoms with Gasteiger partial charge in [0, 0.05) is 5.38 Å². The summed E-state index contributed by atoms with van der Waals surface area (Å²) in [5, 5.41) is 13.7. The summed E-state index contributed by atoms with van der Waals surface area (Å²) in [6.45, 7) is 1.38. The molecule has 0 aliphatic carbocycles. The maximum Gasteiger partial charge on any atom is 0.329 e. The van der Waals surface area contributed by atoms with Gasteiger partial charge in [-0.15, -0.1) is 5.10 Å². The molecule has 1 atom stereocenters. The number of rotatable bonds is 2. The van der Waals surface area contributed by atoms with Gasteiger partial charge in [-0.25, -0.2) is 4.79 Å². The molecule has 0 saturated heterocycles. The molecule has 1 rings (SSSR count). The van der Waals surface area contributed by atoms with Crippen molar-refractivity contribution in [2.24, 2.45) is 5.73 Å². The molecule has 0 saturated carbocycles. The Hall–Kier alpha value is -1.01. The van der Waals surface area contributed by atoms with E-state index in [2.05, 4.69) is 9.59 Å². The van der Waals surface area contributed by atoms with Crippen molar-refractivity contribution in [2.45, 2.75) is 12.5 Å². The fourth-order valence-corrected chi connectivity index (χ4v) is 1.07. The summed E-state index contributed by atoms with van der Waals surface area (Å²) in [7, 11) is 0. The van der Waals surface area contributed by atoms with Crippen LogP contribution in [0.3, 0.4) is 0 Å². The predicted molar refractivity (Wildman–Crippen MR) is 39.1 cm³/mol. The quantitative estimate of drug-likeness (QED) is 0.646. The molecule has 0 spiro atoms. The second-order valence-corrected chi connectivity index (χ2v) is 2.91. The average molecular weight is 173 g/mol. The van der Waals surface area contributed by atoms with E-state index in [4.69, 9.17) is 10.8 Å². The van der Waals surface area contributed by atoms with Gasteiger partial charge in [-0.3, -0.25) is 0 Å². The molecule has 0 aliphatic heterocycles. The fourth-order valence-electron chi connectivity index (χ4n) is 0.500. The zero-order valence-electron chi connectivity index (χ0n) is 5.81. The third kappa shape index (κ3) is 1.36. The van der Waals surface area contributed by atoms with Gasteiger partial charge in [0.15, 0.2) is 5.54 Å². The van der Waals surface area contributed by atoms with Gasteiger partial charge in [0.05, 0.1) is 0 Å². The van der Waals surface area contributed by atoms with E-state index >= 15 is 0 Å². The van der Waals surface area contributed by atoms with E-state index in [1.165, 1.54) is 12.3 Å². The Kier molecular flexibility index (Phi) is 1.88. The molecule has 1 aromatic rings. The van der Waals surface area contributed by atoms with E-state index in [1.807, 2.05) is 0 Å². The number of hydrogen-bond donors (Lipinski definition) is 2. The summed E-state index contributed by atoms with van der Waals surface area (Å²) < 4.78 is 3.52. The number of hydrogen-bond acceptors (Lipinski definition) is 5. The van der Waals surface area contributed by atoms with Crippen LogP contribution in [-0.2, 0) is 10.3 Å². The lowest BCUT2D eigenvalue weighted by Gasteiger charge is -2.14. The molecule has 0 amide bonds.